The Hall–Kier alpha value is -4.13. The number of hydrogen-bond donors (Lipinski definition) is 1. The van der Waals surface area contributed by atoms with Crippen LogP contribution in [-0.4, -0.2) is 54.4 Å². The number of carbonyl (C=O) groups excluding carboxylic acids is 1. The number of aromatic nitrogens is 6. The third kappa shape index (κ3) is 3.71. The highest BCUT2D eigenvalue weighted by atomic mass is 19.1. The number of carbonyl (C=O) groups is 1. The summed E-state index contributed by atoms with van der Waals surface area (Å²) in [6.07, 6.45) is 0.170. The number of rotatable bonds is 5. The van der Waals surface area contributed by atoms with E-state index in [2.05, 4.69) is 20.4 Å². The van der Waals surface area contributed by atoms with E-state index in [4.69, 9.17) is 9.15 Å². The zero-order chi connectivity index (χ0) is 23.3. The number of likely N-dealkylation sites (N-methyl/N-ethyl adjacent to an activating group) is 1. The summed E-state index contributed by atoms with van der Waals surface area (Å²) >= 11 is 0. The number of aliphatic hydroxyl groups excluding tert-OH is 1. The first kappa shape index (κ1) is 20.8. The van der Waals surface area contributed by atoms with Crippen LogP contribution in [0.3, 0.4) is 0 Å². The highest BCUT2D eigenvalue weighted by Crippen LogP contribution is 2.27. The molecule has 0 unspecified atom stereocenters. The van der Waals surface area contributed by atoms with Crippen LogP contribution < -0.4 is 15.2 Å². The van der Waals surface area contributed by atoms with Gasteiger partial charge in [0.25, 0.3) is 11.5 Å². The minimum absolute atomic E-state index is 0.0353. The van der Waals surface area contributed by atoms with Gasteiger partial charge in [-0.05, 0) is 35.9 Å². The van der Waals surface area contributed by atoms with Crippen LogP contribution in [0.5, 0.6) is 5.88 Å². The molecule has 5 rings (SSSR count). The molecule has 0 radical (unpaired) electrons. The highest BCUT2D eigenvalue weighted by molar-refractivity contribution is 5.96. The van der Waals surface area contributed by atoms with Crippen LogP contribution in [-0.2, 0) is 17.9 Å². The second kappa shape index (κ2) is 7.78. The Bertz CT molecular complexity index is 1400. The maximum absolute atomic E-state index is 13.8. The summed E-state index contributed by atoms with van der Waals surface area (Å²) in [5.74, 6) is -0.212. The Morgan fingerprint density at radius 2 is 2.09 bits per heavy atom. The number of benzene rings is 1. The van der Waals surface area contributed by atoms with E-state index in [1.807, 2.05) is 0 Å². The first-order valence-corrected chi connectivity index (χ1v) is 9.93. The van der Waals surface area contributed by atoms with Crippen molar-refractivity contribution in [2.45, 2.75) is 26.1 Å². The molecule has 3 aromatic heterocycles. The summed E-state index contributed by atoms with van der Waals surface area (Å²) in [6.45, 7) is 1.32. The van der Waals surface area contributed by atoms with E-state index in [-0.39, 0.29) is 54.6 Å². The fourth-order valence-electron chi connectivity index (χ4n) is 3.48. The van der Waals surface area contributed by atoms with Crippen molar-refractivity contribution in [3.8, 4) is 5.88 Å². The van der Waals surface area contributed by atoms with Gasteiger partial charge in [-0.3, -0.25) is 14.2 Å². The minimum Gasteiger partial charge on any atom is -0.466 e. The first-order chi connectivity index (χ1) is 15.8. The number of hydrogen-bond acceptors (Lipinski definition) is 9. The zero-order valence-electron chi connectivity index (χ0n) is 17.6. The Kier molecular flexibility index (Phi) is 4.89. The Morgan fingerprint density at radius 1 is 1.27 bits per heavy atom. The Balaban J connectivity index is 1.33. The average Bonchev–Trinajstić information content (AvgIpc) is 3.39. The van der Waals surface area contributed by atoms with Gasteiger partial charge >= 0.3 is 0 Å². The van der Waals surface area contributed by atoms with Crippen molar-refractivity contribution < 1.29 is 23.4 Å². The quantitative estimate of drug-likeness (QED) is 0.457. The van der Waals surface area contributed by atoms with Gasteiger partial charge in [0.2, 0.25) is 5.88 Å². The van der Waals surface area contributed by atoms with Gasteiger partial charge in [-0.2, -0.15) is 4.80 Å². The summed E-state index contributed by atoms with van der Waals surface area (Å²) in [5.41, 5.74) is 0.446. The lowest BCUT2D eigenvalue weighted by Crippen LogP contribution is -2.41. The molecule has 1 aliphatic rings. The topological polar surface area (TPSA) is 141 Å². The maximum atomic E-state index is 13.8. The van der Waals surface area contributed by atoms with E-state index in [1.54, 1.807) is 19.1 Å². The number of aryl methyl sites for hydroxylation is 1. The molecule has 1 aliphatic heterocycles. The lowest BCUT2D eigenvalue weighted by molar-refractivity contribution is -0.121. The van der Waals surface area contributed by atoms with E-state index in [9.17, 15) is 19.1 Å². The van der Waals surface area contributed by atoms with Gasteiger partial charge in [0.05, 0.1) is 13.1 Å². The van der Waals surface area contributed by atoms with E-state index in [0.29, 0.717) is 16.5 Å². The molecule has 12 nitrogen and oxygen atoms in total. The summed E-state index contributed by atoms with van der Waals surface area (Å²) in [5, 5.41) is 23.0. The molecule has 0 aliphatic carbocycles. The lowest BCUT2D eigenvalue weighted by atomic mass is 10.1. The van der Waals surface area contributed by atoms with E-state index in [0.717, 1.165) is 4.80 Å². The molecule has 0 spiro atoms. The minimum atomic E-state index is -1.10. The van der Waals surface area contributed by atoms with Crippen LogP contribution in [0.15, 0.2) is 33.7 Å². The molecule has 0 saturated carbocycles. The summed E-state index contributed by atoms with van der Waals surface area (Å²) in [4.78, 5) is 31.0. The third-order valence-electron chi connectivity index (χ3n) is 5.31. The molecule has 4 heterocycles. The van der Waals surface area contributed by atoms with Gasteiger partial charge in [0, 0.05) is 12.4 Å². The number of halogens is 1. The van der Waals surface area contributed by atoms with Crippen LogP contribution >= 0.6 is 0 Å². The lowest BCUT2D eigenvalue weighted by Gasteiger charge is -2.24. The maximum Gasteiger partial charge on any atom is 0.281 e. The van der Waals surface area contributed by atoms with Gasteiger partial charge in [-0.25, -0.2) is 9.37 Å². The Labute approximate surface area is 184 Å². The molecule has 13 heteroatoms. The standard InChI is InChI=1S/C20H18FN7O5/c1-10-3-14-11(4-12(10)21)5-15(33-14)13(29)6-28-24-16(23-25-28)7-27-9-22-19-18(20(27)31)26(2)17(30)8-32-19/h3-5,9,13,29H,6-8H2,1-2H3/t13-/m0/s1. The highest BCUT2D eigenvalue weighted by Gasteiger charge is 2.27. The number of tetrazole rings is 1. The van der Waals surface area contributed by atoms with Crippen molar-refractivity contribution >= 4 is 22.6 Å². The molecule has 0 bridgehead atoms. The average molecular weight is 455 g/mol. The smallest absolute Gasteiger partial charge is 0.281 e. The van der Waals surface area contributed by atoms with Gasteiger partial charge in [-0.1, -0.05) is 0 Å². The van der Waals surface area contributed by atoms with E-state index >= 15 is 0 Å². The SMILES string of the molecule is Cc1cc2oc([C@@H](O)Cn3nnc(Cn4cnc5c(c4=O)N(C)C(=O)CO5)n3)cc2cc1F. The predicted molar refractivity (Wildman–Crippen MR) is 110 cm³/mol. The number of anilines is 1. The number of fused-ring (bicyclic) bond motifs is 2. The molecule has 170 valence electrons. The molecule has 0 fully saturated rings. The zero-order valence-corrected chi connectivity index (χ0v) is 17.6. The van der Waals surface area contributed by atoms with Gasteiger partial charge in [0.15, 0.2) is 18.1 Å². The number of amides is 1. The summed E-state index contributed by atoms with van der Waals surface area (Å²) < 4.78 is 25.8. The van der Waals surface area contributed by atoms with Crippen LogP contribution in [0.1, 0.15) is 23.3 Å². The van der Waals surface area contributed by atoms with Crippen molar-refractivity contribution in [2.24, 2.45) is 0 Å². The second-order valence-corrected chi connectivity index (χ2v) is 7.64. The number of aliphatic hydroxyl groups is 1. The molecule has 1 N–H and O–H groups in total. The van der Waals surface area contributed by atoms with Crippen molar-refractivity contribution in [1.82, 2.24) is 29.8 Å². The summed E-state index contributed by atoms with van der Waals surface area (Å²) in [7, 11) is 1.47. The van der Waals surface area contributed by atoms with Crippen molar-refractivity contribution in [2.75, 3.05) is 18.6 Å². The first-order valence-electron chi connectivity index (χ1n) is 9.93. The van der Waals surface area contributed by atoms with Crippen LogP contribution in [0.4, 0.5) is 10.1 Å². The Morgan fingerprint density at radius 3 is 2.91 bits per heavy atom. The van der Waals surface area contributed by atoms with Gasteiger partial charge in [-0.15, -0.1) is 10.2 Å². The van der Waals surface area contributed by atoms with Crippen molar-refractivity contribution in [3.05, 3.63) is 57.8 Å². The fraction of sp³-hybridized carbons (Fsp3) is 0.300. The molecule has 33 heavy (non-hydrogen) atoms. The van der Waals surface area contributed by atoms with Crippen molar-refractivity contribution in [1.29, 1.82) is 0 Å². The van der Waals surface area contributed by atoms with Crippen LogP contribution in [0.25, 0.3) is 11.0 Å². The third-order valence-corrected chi connectivity index (χ3v) is 5.31. The predicted octanol–water partition coefficient (Wildman–Crippen LogP) is 0.561. The number of ether oxygens (including phenoxy) is 1. The largest absolute Gasteiger partial charge is 0.466 e. The second-order valence-electron chi connectivity index (χ2n) is 7.64. The number of furan rings is 1. The fourth-order valence-corrected chi connectivity index (χ4v) is 3.48. The van der Waals surface area contributed by atoms with E-state index in [1.165, 1.54) is 28.9 Å². The van der Waals surface area contributed by atoms with Crippen LogP contribution in [0, 0.1) is 12.7 Å². The van der Waals surface area contributed by atoms with E-state index < -0.39 is 11.7 Å². The molecule has 1 aromatic carbocycles. The van der Waals surface area contributed by atoms with Gasteiger partial charge < -0.3 is 19.2 Å². The number of nitrogens with zero attached hydrogens (tertiary/aromatic N) is 7. The molecule has 4 aromatic rings. The molecule has 1 amide bonds. The van der Waals surface area contributed by atoms with Gasteiger partial charge in [0.1, 0.15) is 29.6 Å². The monoisotopic (exact) mass is 455 g/mol. The molecule has 0 saturated heterocycles. The molecule has 1 atom stereocenters. The normalized spacial score (nSPS) is 14.4. The molecular weight excluding hydrogens is 437 g/mol. The molecular formula is C20H18FN7O5. The van der Waals surface area contributed by atoms with Crippen LogP contribution in [0.2, 0.25) is 0 Å². The summed E-state index contributed by atoms with van der Waals surface area (Å²) in [6, 6.07) is 4.46. The van der Waals surface area contributed by atoms with Crippen molar-refractivity contribution in [3.63, 3.8) is 0 Å².